The highest BCUT2D eigenvalue weighted by molar-refractivity contribution is 5.15. The van der Waals surface area contributed by atoms with Crippen molar-refractivity contribution in [2.24, 2.45) is 18.2 Å². The number of likely N-dealkylation sites (tertiary alicyclic amines) is 1. The SMILES string of the molecule is Cc1cn(C)nc1CN1CC(N)C2(CCC2)C1. The van der Waals surface area contributed by atoms with E-state index in [1.165, 1.54) is 37.1 Å². The van der Waals surface area contributed by atoms with Gasteiger partial charge < -0.3 is 5.73 Å². The predicted octanol–water partition coefficient (Wildman–Crippen LogP) is 1.04. The normalized spacial score (nSPS) is 27.6. The van der Waals surface area contributed by atoms with Crippen molar-refractivity contribution in [1.29, 1.82) is 0 Å². The lowest BCUT2D eigenvalue weighted by molar-refractivity contribution is 0.121. The second kappa shape index (κ2) is 3.82. The maximum Gasteiger partial charge on any atom is 0.0793 e. The van der Waals surface area contributed by atoms with Crippen LogP contribution in [-0.4, -0.2) is 33.8 Å². The van der Waals surface area contributed by atoms with Gasteiger partial charge in [-0.05, 0) is 30.7 Å². The van der Waals surface area contributed by atoms with Gasteiger partial charge in [0.25, 0.3) is 0 Å². The fraction of sp³-hybridized carbons (Fsp3) is 0.769. The van der Waals surface area contributed by atoms with Gasteiger partial charge in [0.2, 0.25) is 0 Å². The summed E-state index contributed by atoms with van der Waals surface area (Å²) in [5, 5.41) is 4.52. The van der Waals surface area contributed by atoms with Gasteiger partial charge in [-0.1, -0.05) is 6.42 Å². The van der Waals surface area contributed by atoms with Gasteiger partial charge >= 0.3 is 0 Å². The summed E-state index contributed by atoms with van der Waals surface area (Å²) in [4.78, 5) is 2.49. The Morgan fingerprint density at radius 2 is 2.29 bits per heavy atom. The molecule has 3 rings (SSSR count). The van der Waals surface area contributed by atoms with Crippen LogP contribution in [0.25, 0.3) is 0 Å². The van der Waals surface area contributed by atoms with Gasteiger partial charge in [0.15, 0.2) is 0 Å². The van der Waals surface area contributed by atoms with Crippen LogP contribution in [0, 0.1) is 12.3 Å². The smallest absolute Gasteiger partial charge is 0.0793 e. The maximum absolute atomic E-state index is 6.30. The molecule has 1 aliphatic heterocycles. The number of hydrogen-bond acceptors (Lipinski definition) is 3. The summed E-state index contributed by atoms with van der Waals surface area (Å²) in [5.41, 5.74) is 9.23. The molecule has 1 atom stereocenters. The standard InChI is InChI=1S/C13H22N4/c1-10-6-16(2)15-11(10)7-17-8-12(14)13(9-17)4-3-5-13/h6,12H,3-5,7-9,14H2,1-2H3. The van der Waals surface area contributed by atoms with Crippen molar-refractivity contribution in [3.8, 4) is 0 Å². The summed E-state index contributed by atoms with van der Waals surface area (Å²) in [7, 11) is 1.99. The average Bonchev–Trinajstić information content (AvgIpc) is 2.67. The lowest BCUT2D eigenvalue weighted by Crippen LogP contribution is -2.45. The van der Waals surface area contributed by atoms with Crippen molar-refractivity contribution >= 4 is 0 Å². The number of aromatic nitrogens is 2. The molecule has 0 aromatic carbocycles. The van der Waals surface area contributed by atoms with Crippen LogP contribution in [0.15, 0.2) is 6.20 Å². The first-order valence-electron chi connectivity index (χ1n) is 6.56. The molecule has 2 aliphatic rings. The fourth-order valence-electron chi connectivity index (χ4n) is 3.40. The Morgan fingerprint density at radius 3 is 2.76 bits per heavy atom. The Bertz CT molecular complexity index is 419. The summed E-state index contributed by atoms with van der Waals surface area (Å²) >= 11 is 0. The van der Waals surface area contributed by atoms with Crippen LogP contribution < -0.4 is 5.73 Å². The lowest BCUT2D eigenvalue weighted by atomic mass is 9.66. The minimum atomic E-state index is 0.375. The van der Waals surface area contributed by atoms with Crippen LogP contribution in [0.3, 0.4) is 0 Å². The molecule has 0 bridgehead atoms. The summed E-state index contributed by atoms with van der Waals surface area (Å²) in [6, 6.07) is 0.375. The number of aryl methyl sites for hydroxylation is 2. The first-order valence-corrected chi connectivity index (χ1v) is 6.56. The van der Waals surface area contributed by atoms with Crippen LogP contribution in [0.1, 0.15) is 30.5 Å². The van der Waals surface area contributed by atoms with E-state index >= 15 is 0 Å². The molecule has 2 heterocycles. The van der Waals surface area contributed by atoms with Crippen LogP contribution in [-0.2, 0) is 13.6 Å². The Kier molecular flexibility index (Phi) is 2.52. The first-order chi connectivity index (χ1) is 8.09. The molecular weight excluding hydrogens is 212 g/mol. The molecule has 0 radical (unpaired) electrons. The molecule has 1 unspecified atom stereocenters. The van der Waals surface area contributed by atoms with Gasteiger partial charge in [0, 0.05) is 38.9 Å². The number of hydrogen-bond donors (Lipinski definition) is 1. The first kappa shape index (κ1) is 11.2. The minimum absolute atomic E-state index is 0.375. The average molecular weight is 234 g/mol. The lowest BCUT2D eigenvalue weighted by Gasteiger charge is -2.41. The Balaban J connectivity index is 1.69. The molecule has 0 amide bonds. The van der Waals surface area contributed by atoms with E-state index in [0.29, 0.717) is 11.5 Å². The summed E-state index contributed by atoms with van der Waals surface area (Å²) in [5.74, 6) is 0. The van der Waals surface area contributed by atoms with Crippen molar-refractivity contribution in [3.63, 3.8) is 0 Å². The molecule has 2 fully saturated rings. The van der Waals surface area contributed by atoms with Crippen molar-refractivity contribution in [2.75, 3.05) is 13.1 Å². The van der Waals surface area contributed by atoms with Gasteiger partial charge in [-0.3, -0.25) is 9.58 Å². The molecule has 1 aromatic rings. The quantitative estimate of drug-likeness (QED) is 0.832. The van der Waals surface area contributed by atoms with Crippen molar-refractivity contribution in [1.82, 2.24) is 14.7 Å². The molecule has 1 spiro atoms. The molecule has 1 saturated carbocycles. The maximum atomic E-state index is 6.30. The highest BCUT2D eigenvalue weighted by Gasteiger charge is 2.48. The van der Waals surface area contributed by atoms with E-state index in [-0.39, 0.29) is 0 Å². The highest BCUT2D eigenvalue weighted by atomic mass is 15.3. The van der Waals surface area contributed by atoms with Gasteiger partial charge in [-0.25, -0.2) is 0 Å². The van der Waals surface area contributed by atoms with E-state index in [1.54, 1.807) is 0 Å². The van der Waals surface area contributed by atoms with Gasteiger partial charge in [-0.15, -0.1) is 0 Å². The third-order valence-corrected chi connectivity index (χ3v) is 4.62. The fourth-order valence-corrected chi connectivity index (χ4v) is 3.40. The van der Waals surface area contributed by atoms with Gasteiger partial charge in [0.05, 0.1) is 5.69 Å². The monoisotopic (exact) mass is 234 g/mol. The molecule has 1 aliphatic carbocycles. The topological polar surface area (TPSA) is 47.1 Å². The third-order valence-electron chi connectivity index (χ3n) is 4.62. The summed E-state index contributed by atoms with van der Waals surface area (Å²) in [6.07, 6.45) is 6.10. The zero-order chi connectivity index (χ0) is 12.0. The van der Waals surface area contributed by atoms with Crippen LogP contribution >= 0.6 is 0 Å². The molecule has 94 valence electrons. The van der Waals surface area contributed by atoms with E-state index in [2.05, 4.69) is 23.1 Å². The van der Waals surface area contributed by atoms with E-state index < -0.39 is 0 Å². The van der Waals surface area contributed by atoms with Crippen LogP contribution in [0.2, 0.25) is 0 Å². The predicted molar refractivity (Wildman–Crippen MR) is 67.5 cm³/mol. The van der Waals surface area contributed by atoms with Crippen LogP contribution in [0.5, 0.6) is 0 Å². The zero-order valence-corrected chi connectivity index (χ0v) is 10.8. The molecule has 4 heteroatoms. The Labute approximate surface area is 103 Å². The van der Waals surface area contributed by atoms with E-state index in [9.17, 15) is 0 Å². The zero-order valence-electron chi connectivity index (χ0n) is 10.8. The molecular formula is C13H22N4. The second-order valence-corrected chi connectivity index (χ2v) is 5.92. The molecule has 1 saturated heterocycles. The third kappa shape index (κ3) is 1.79. The second-order valence-electron chi connectivity index (χ2n) is 5.92. The van der Waals surface area contributed by atoms with Crippen LogP contribution in [0.4, 0.5) is 0 Å². The molecule has 4 nitrogen and oxygen atoms in total. The molecule has 1 aromatic heterocycles. The summed E-state index contributed by atoms with van der Waals surface area (Å²) in [6.45, 7) is 5.31. The number of rotatable bonds is 2. The van der Waals surface area contributed by atoms with Crippen molar-refractivity contribution in [3.05, 3.63) is 17.5 Å². The van der Waals surface area contributed by atoms with Crippen molar-refractivity contribution in [2.45, 2.75) is 38.8 Å². The highest BCUT2D eigenvalue weighted by Crippen LogP contribution is 2.47. The number of nitrogens with zero attached hydrogens (tertiary/aromatic N) is 3. The van der Waals surface area contributed by atoms with Gasteiger partial charge in [0.1, 0.15) is 0 Å². The van der Waals surface area contributed by atoms with E-state index in [0.717, 1.165) is 13.1 Å². The summed E-state index contributed by atoms with van der Waals surface area (Å²) < 4.78 is 1.90. The van der Waals surface area contributed by atoms with Crippen molar-refractivity contribution < 1.29 is 0 Å². The van der Waals surface area contributed by atoms with E-state index in [1.807, 2.05) is 11.7 Å². The Hall–Kier alpha value is -0.870. The molecule has 17 heavy (non-hydrogen) atoms. The number of nitrogens with two attached hydrogens (primary N) is 1. The molecule has 2 N–H and O–H groups in total. The minimum Gasteiger partial charge on any atom is -0.326 e. The largest absolute Gasteiger partial charge is 0.326 e. The Morgan fingerprint density at radius 1 is 1.53 bits per heavy atom. The van der Waals surface area contributed by atoms with Gasteiger partial charge in [-0.2, -0.15) is 5.10 Å². The van der Waals surface area contributed by atoms with E-state index in [4.69, 9.17) is 5.73 Å².